The second-order valence-electron chi connectivity index (χ2n) is 4.70. The van der Waals surface area contributed by atoms with Gasteiger partial charge in [-0.3, -0.25) is 4.79 Å². The first-order chi connectivity index (χ1) is 7.72. The molecular formula is C12H20O3S. The minimum Gasteiger partial charge on any atom is -0.355 e. The van der Waals surface area contributed by atoms with Crippen LogP contribution in [0.25, 0.3) is 0 Å². The molecule has 2 aliphatic rings. The summed E-state index contributed by atoms with van der Waals surface area (Å²) < 4.78 is 10.2. The Morgan fingerprint density at radius 2 is 1.81 bits per heavy atom. The molecule has 0 aromatic rings. The fourth-order valence-corrected chi connectivity index (χ4v) is 4.49. The molecule has 4 heteroatoms. The van der Waals surface area contributed by atoms with E-state index in [9.17, 15) is 4.79 Å². The third-order valence-electron chi connectivity index (χ3n) is 3.64. The normalized spacial score (nSPS) is 33.3. The van der Waals surface area contributed by atoms with Crippen LogP contribution < -0.4 is 0 Å². The lowest BCUT2D eigenvalue weighted by molar-refractivity contribution is -0.141. The molecule has 0 spiro atoms. The zero-order valence-electron chi connectivity index (χ0n) is 9.98. The largest absolute Gasteiger partial charge is 0.355 e. The van der Waals surface area contributed by atoms with Crippen molar-refractivity contribution in [2.24, 2.45) is 5.92 Å². The van der Waals surface area contributed by atoms with Crippen LogP contribution in [0.4, 0.5) is 0 Å². The Morgan fingerprint density at radius 3 is 2.31 bits per heavy atom. The number of carbonyl (C=O) groups excluding carboxylic acids is 1. The van der Waals surface area contributed by atoms with Crippen molar-refractivity contribution < 1.29 is 14.3 Å². The van der Waals surface area contributed by atoms with E-state index in [2.05, 4.69) is 11.8 Å². The van der Waals surface area contributed by atoms with E-state index in [1.165, 1.54) is 12.8 Å². The monoisotopic (exact) mass is 244 g/mol. The van der Waals surface area contributed by atoms with E-state index < -0.39 is 0 Å². The molecule has 2 aliphatic heterocycles. The van der Waals surface area contributed by atoms with E-state index in [4.69, 9.17) is 9.47 Å². The smallest absolute Gasteiger partial charge is 0.163 e. The third-order valence-corrected chi connectivity index (χ3v) is 5.27. The van der Waals surface area contributed by atoms with E-state index in [0.29, 0.717) is 12.2 Å². The van der Waals surface area contributed by atoms with Crippen molar-refractivity contribution in [1.82, 2.24) is 0 Å². The summed E-state index contributed by atoms with van der Waals surface area (Å²) in [5, 5.41) is 1.47. The summed E-state index contributed by atoms with van der Waals surface area (Å²) in [6.45, 7) is 0. The predicted octanol–water partition coefficient (Wildman–Crippen LogP) is 2.24. The van der Waals surface area contributed by atoms with Gasteiger partial charge in [0.05, 0.1) is 6.42 Å². The summed E-state index contributed by atoms with van der Waals surface area (Å²) in [6, 6.07) is 0. The van der Waals surface area contributed by atoms with E-state index >= 15 is 0 Å². The molecule has 16 heavy (non-hydrogen) atoms. The molecule has 0 saturated carbocycles. The number of hydrogen-bond donors (Lipinski definition) is 0. The number of Topliss-reactive ketones (excluding diaryl/α,β-unsaturated/α-hetero) is 1. The lowest BCUT2D eigenvalue weighted by Gasteiger charge is -2.27. The molecule has 2 bridgehead atoms. The van der Waals surface area contributed by atoms with Crippen molar-refractivity contribution in [3.8, 4) is 0 Å². The Labute approximate surface area is 101 Å². The quantitative estimate of drug-likeness (QED) is 0.695. The van der Waals surface area contributed by atoms with Gasteiger partial charge in [0.1, 0.15) is 5.78 Å². The Balaban J connectivity index is 1.85. The number of rotatable bonds is 5. The molecule has 0 aliphatic carbocycles. The van der Waals surface area contributed by atoms with Crippen LogP contribution in [-0.2, 0) is 14.3 Å². The second-order valence-corrected chi connectivity index (χ2v) is 6.30. The molecule has 2 rings (SSSR count). The van der Waals surface area contributed by atoms with Crippen molar-refractivity contribution in [3.63, 3.8) is 0 Å². The van der Waals surface area contributed by atoms with Crippen LogP contribution in [0.3, 0.4) is 0 Å². The van der Waals surface area contributed by atoms with Crippen molar-refractivity contribution in [2.75, 3.05) is 14.2 Å². The van der Waals surface area contributed by atoms with Gasteiger partial charge < -0.3 is 9.47 Å². The van der Waals surface area contributed by atoms with Crippen molar-refractivity contribution in [3.05, 3.63) is 0 Å². The first kappa shape index (κ1) is 12.4. The van der Waals surface area contributed by atoms with Crippen molar-refractivity contribution >= 4 is 17.5 Å². The number of thioether (sulfide) groups is 1. The van der Waals surface area contributed by atoms with Gasteiger partial charge >= 0.3 is 0 Å². The van der Waals surface area contributed by atoms with Gasteiger partial charge in [0.25, 0.3) is 0 Å². The van der Waals surface area contributed by atoms with E-state index in [1.807, 2.05) is 0 Å². The van der Waals surface area contributed by atoms with Crippen LogP contribution in [-0.4, -0.2) is 36.8 Å². The lowest BCUT2D eigenvalue weighted by atomic mass is 9.92. The van der Waals surface area contributed by atoms with Crippen LogP contribution in [0.1, 0.15) is 32.1 Å². The Bertz CT molecular complexity index is 241. The molecule has 2 fully saturated rings. The van der Waals surface area contributed by atoms with E-state index in [1.54, 1.807) is 14.2 Å². The zero-order valence-corrected chi connectivity index (χ0v) is 10.8. The van der Waals surface area contributed by atoms with E-state index in [-0.39, 0.29) is 12.2 Å². The molecular weight excluding hydrogens is 224 g/mol. The highest BCUT2D eigenvalue weighted by molar-refractivity contribution is 8.00. The van der Waals surface area contributed by atoms with Gasteiger partial charge in [-0.1, -0.05) is 0 Å². The van der Waals surface area contributed by atoms with Crippen molar-refractivity contribution in [1.29, 1.82) is 0 Å². The third kappa shape index (κ3) is 2.79. The highest BCUT2D eigenvalue weighted by Gasteiger charge is 2.37. The molecule has 2 atom stereocenters. The van der Waals surface area contributed by atoms with Crippen LogP contribution in [0.5, 0.6) is 0 Å². The molecule has 2 unspecified atom stereocenters. The first-order valence-corrected chi connectivity index (χ1v) is 6.91. The summed E-state index contributed by atoms with van der Waals surface area (Å²) in [7, 11) is 3.17. The second kappa shape index (κ2) is 5.52. The zero-order chi connectivity index (χ0) is 11.5. The predicted molar refractivity (Wildman–Crippen MR) is 64.6 cm³/mol. The molecule has 3 nitrogen and oxygen atoms in total. The highest BCUT2D eigenvalue weighted by Crippen LogP contribution is 2.46. The fraction of sp³-hybridized carbons (Fsp3) is 0.917. The van der Waals surface area contributed by atoms with Crippen LogP contribution in [0.2, 0.25) is 0 Å². The van der Waals surface area contributed by atoms with Crippen LogP contribution in [0, 0.1) is 5.92 Å². The van der Waals surface area contributed by atoms with Gasteiger partial charge in [0, 0.05) is 30.6 Å². The molecule has 0 amide bonds. The van der Waals surface area contributed by atoms with Gasteiger partial charge in [-0.15, -0.1) is 0 Å². The fourth-order valence-electron chi connectivity index (χ4n) is 2.71. The molecule has 2 heterocycles. The molecule has 0 radical (unpaired) electrons. The number of carbonyl (C=O) groups is 1. The summed E-state index contributed by atoms with van der Waals surface area (Å²) in [5.41, 5.74) is 0. The van der Waals surface area contributed by atoms with E-state index in [0.717, 1.165) is 23.3 Å². The number of hydrogen-bond acceptors (Lipinski definition) is 4. The number of fused-ring (bicyclic) bond motifs is 2. The van der Waals surface area contributed by atoms with Crippen LogP contribution >= 0.6 is 11.8 Å². The Kier molecular flexibility index (Phi) is 4.27. The van der Waals surface area contributed by atoms with Gasteiger partial charge in [-0.05, 0) is 25.7 Å². The first-order valence-electron chi connectivity index (χ1n) is 5.96. The van der Waals surface area contributed by atoms with Gasteiger partial charge in [0.15, 0.2) is 6.29 Å². The minimum absolute atomic E-state index is 0.256. The number of methoxy groups -OCH3 is 2. The van der Waals surface area contributed by atoms with Gasteiger partial charge in [0.2, 0.25) is 0 Å². The van der Waals surface area contributed by atoms with Gasteiger partial charge in [-0.2, -0.15) is 11.8 Å². The van der Waals surface area contributed by atoms with Gasteiger partial charge in [-0.25, -0.2) is 0 Å². The maximum Gasteiger partial charge on any atom is 0.163 e. The van der Waals surface area contributed by atoms with Crippen LogP contribution in [0.15, 0.2) is 0 Å². The summed E-state index contributed by atoms with van der Waals surface area (Å²) in [4.78, 5) is 12.1. The minimum atomic E-state index is -0.361. The molecule has 92 valence electrons. The average Bonchev–Trinajstić information content (AvgIpc) is 2.64. The van der Waals surface area contributed by atoms with Crippen molar-refractivity contribution in [2.45, 2.75) is 48.9 Å². The Morgan fingerprint density at radius 1 is 1.25 bits per heavy atom. The topological polar surface area (TPSA) is 35.5 Å². The maximum atomic E-state index is 12.1. The number of ketones is 1. The molecule has 2 saturated heterocycles. The maximum absolute atomic E-state index is 12.1. The Hall–Kier alpha value is -0.0600. The summed E-state index contributed by atoms with van der Waals surface area (Å²) in [5.74, 6) is 0.581. The summed E-state index contributed by atoms with van der Waals surface area (Å²) >= 11 is 2.09. The molecule has 0 aromatic carbocycles. The SMILES string of the molecule is COC(CC(=O)C1CC2CCC(C1)S2)OC. The summed E-state index contributed by atoms with van der Waals surface area (Å²) in [6.07, 6.45) is 4.79. The molecule has 0 aromatic heterocycles. The average molecular weight is 244 g/mol. The number of ether oxygens (including phenoxy) is 2. The molecule has 0 N–H and O–H groups in total. The lowest BCUT2D eigenvalue weighted by Crippen LogP contribution is -2.28. The highest BCUT2D eigenvalue weighted by atomic mass is 32.2. The standard InChI is InChI=1S/C12H20O3S/c1-14-12(15-2)7-11(13)8-5-9-3-4-10(6-8)16-9/h8-10,12H,3-7H2,1-2H3.